The number of benzene rings is 1. The molecule has 0 aliphatic rings. The van der Waals surface area contributed by atoms with Gasteiger partial charge in [-0.1, -0.05) is 0 Å². The molecule has 0 fully saturated rings. The highest BCUT2D eigenvalue weighted by molar-refractivity contribution is 5.96. The molecule has 0 saturated carbocycles. The van der Waals surface area contributed by atoms with E-state index in [1.54, 1.807) is 18.2 Å². The van der Waals surface area contributed by atoms with Crippen molar-refractivity contribution in [3.05, 3.63) is 40.2 Å². The van der Waals surface area contributed by atoms with E-state index in [-0.39, 0.29) is 11.0 Å². The molecule has 2 rings (SSSR count). The molecule has 1 aromatic heterocycles. The van der Waals surface area contributed by atoms with E-state index in [1.165, 1.54) is 13.3 Å². The highest BCUT2D eigenvalue weighted by atomic mass is 16.5. The van der Waals surface area contributed by atoms with E-state index in [1.807, 2.05) is 5.43 Å². The number of nitrogens with one attached hydrogen (secondary N) is 2. The van der Waals surface area contributed by atoms with E-state index < -0.39 is 5.91 Å². The van der Waals surface area contributed by atoms with Gasteiger partial charge in [0.1, 0.15) is 11.3 Å². The highest BCUT2D eigenvalue weighted by Crippen LogP contribution is 2.16. The summed E-state index contributed by atoms with van der Waals surface area (Å²) >= 11 is 0. The SMILES string of the molecule is COc1ccc2[nH]cc(C(=O)NN)c(=O)c2c1. The predicted molar refractivity (Wildman–Crippen MR) is 62.8 cm³/mol. The Hall–Kier alpha value is -2.34. The second-order valence-electron chi connectivity index (χ2n) is 3.42. The monoisotopic (exact) mass is 233 g/mol. The van der Waals surface area contributed by atoms with Crippen LogP contribution in [-0.2, 0) is 0 Å². The van der Waals surface area contributed by atoms with Crippen LogP contribution in [0, 0.1) is 0 Å². The maximum absolute atomic E-state index is 12.0. The van der Waals surface area contributed by atoms with E-state index in [0.717, 1.165) is 0 Å². The highest BCUT2D eigenvalue weighted by Gasteiger charge is 2.11. The van der Waals surface area contributed by atoms with Gasteiger partial charge in [-0.25, -0.2) is 5.84 Å². The Bertz CT molecular complexity index is 633. The third-order valence-electron chi connectivity index (χ3n) is 2.46. The molecule has 0 spiro atoms. The van der Waals surface area contributed by atoms with Crippen molar-refractivity contribution in [1.82, 2.24) is 10.4 Å². The number of pyridine rings is 1. The van der Waals surface area contributed by atoms with Crippen molar-refractivity contribution >= 4 is 16.8 Å². The molecule has 88 valence electrons. The first kappa shape index (κ1) is 11.2. The van der Waals surface area contributed by atoms with Crippen molar-refractivity contribution in [3.63, 3.8) is 0 Å². The summed E-state index contributed by atoms with van der Waals surface area (Å²) in [4.78, 5) is 26.2. The number of rotatable bonds is 2. The van der Waals surface area contributed by atoms with Gasteiger partial charge in [0.05, 0.1) is 7.11 Å². The molecule has 0 radical (unpaired) electrons. The normalized spacial score (nSPS) is 10.2. The van der Waals surface area contributed by atoms with E-state index in [0.29, 0.717) is 16.7 Å². The molecule has 0 unspecified atom stereocenters. The lowest BCUT2D eigenvalue weighted by Crippen LogP contribution is -2.33. The number of H-pyrrole nitrogens is 1. The second-order valence-corrected chi connectivity index (χ2v) is 3.42. The van der Waals surface area contributed by atoms with Gasteiger partial charge in [-0.15, -0.1) is 0 Å². The van der Waals surface area contributed by atoms with Crippen LogP contribution in [0.5, 0.6) is 5.75 Å². The average molecular weight is 233 g/mol. The number of amides is 1. The molecular formula is C11H11N3O3. The largest absolute Gasteiger partial charge is 0.497 e. The summed E-state index contributed by atoms with van der Waals surface area (Å²) in [5, 5.41) is 0.380. The second kappa shape index (κ2) is 4.26. The Morgan fingerprint density at radius 1 is 1.47 bits per heavy atom. The average Bonchev–Trinajstić information content (AvgIpc) is 2.38. The molecule has 0 atom stereocenters. The van der Waals surface area contributed by atoms with Crippen molar-refractivity contribution in [3.8, 4) is 5.75 Å². The number of aromatic amines is 1. The summed E-state index contributed by atoms with van der Waals surface area (Å²) in [5.74, 6) is 4.92. The van der Waals surface area contributed by atoms with Gasteiger partial charge < -0.3 is 9.72 Å². The van der Waals surface area contributed by atoms with Gasteiger partial charge in [-0.05, 0) is 18.2 Å². The predicted octanol–water partition coefficient (Wildman–Crippen LogP) is 0.140. The number of fused-ring (bicyclic) bond motifs is 1. The number of nitrogens with two attached hydrogens (primary N) is 1. The topological polar surface area (TPSA) is 97.2 Å². The van der Waals surface area contributed by atoms with Crippen LogP contribution in [0.1, 0.15) is 10.4 Å². The van der Waals surface area contributed by atoms with E-state index in [2.05, 4.69) is 4.98 Å². The molecule has 0 bridgehead atoms. The maximum Gasteiger partial charge on any atom is 0.270 e. The van der Waals surface area contributed by atoms with Crippen molar-refractivity contribution in [2.45, 2.75) is 0 Å². The van der Waals surface area contributed by atoms with Crippen molar-refractivity contribution in [2.24, 2.45) is 5.84 Å². The minimum absolute atomic E-state index is 0.0340. The van der Waals surface area contributed by atoms with Crippen LogP contribution >= 0.6 is 0 Å². The van der Waals surface area contributed by atoms with E-state index in [4.69, 9.17) is 10.6 Å². The number of hydrazine groups is 1. The molecule has 1 aromatic carbocycles. The molecule has 4 N–H and O–H groups in total. The van der Waals surface area contributed by atoms with Gasteiger partial charge in [0.2, 0.25) is 5.43 Å². The van der Waals surface area contributed by atoms with Gasteiger partial charge in [-0.3, -0.25) is 15.0 Å². The molecule has 0 saturated heterocycles. The zero-order chi connectivity index (χ0) is 12.4. The molecule has 1 heterocycles. The molecule has 17 heavy (non-hydrogen) atoms. The Kier molecular flexibility index (Phi) is 2.80. The van der Waals surface area contributed by atoms with Gasteiger partial charge in [0.15, 0.2) is 0 Å². The smallest absolute Gasteiger partial charge is 0.270 e. The minimum Gasteiger partial charge on any atom is -0.497 e. The van der Waals surface area contributed by atoms with Gasteiger partial charge in [0, 0.05) is 17.1 Å². The summed E-state index contributed by atoms with van der Waals surface area (Å²) in [7, 11) is 1.51. The quantitative estimate of drug-likeness (QED) is 0.390. The number of methoxy groups -OCH3 is 1. The lowest BCUT2D eigenvalue weighted by atomic mass is 10.1. The molecule has 0 aliphatic carbocycles. The zero-order valence-electron chi connectivity index (χ0n) is 9.11. The number of nitrogen functional groups attached to an aromatic ring is 1. The molecule has 0 aliphatic heterocycles. The third kappa shape index (κ3) is 1.85. The number of carbonyl (C=O) groups excluding carboxylic acids is 1. The van der Waals surface area contributed by atoms with Crippen LogP contribution in [-0.4, -0.2) is 18.0 Å². The molecule has 6 heteroatoms. The number of hydrogen-bond donors (Lipinski definition) is 3. The van der Waals surface area contributed by atoms with Crippen LogP contribution in [0.2, 0.25) is 0 Å². The summed E-state index contributed by atoms with van der Waals surface area (Å²) < 4.78 is 5.03. The lowest BCUT2D eigenvalue weighted by molar-refractivity contribution is 0.0952. The number of carbonyl (C=O) groups is 1. The molecule has 6 nitrogen and oxygen atoms in total. The Balaban J connectivity index is 2.73. The first-order chi connectivity index (χ1) is 8.17. The Labute approximate surface area is 96.4 Å². The first-order valence-corrected chi connectivity index (χ1v) is 4.87. The summed E-state index contributed by atoms with van der Waals surface area (Å²) in [6, 6.07) is 5.00. The Morgan fingerprint density at radius 2 is 2.24 bits per heavy atom. The molecular weight excluding hydrogens is 222 g/mol. The van der Waals surface area contributed by atoms with Crippen molar-refractivity contribution in [2.75, 3.05) is 7.11 Å². The van der Waals surface area contributed by atoms with Gasteiger partial charge >= 0.3 is 0 Å². The Morgan fingerprint density at radius 3 is 2.88 bits per heavy atom. The van der Waals surface area contributed by atoms with Crippen LogP contribution in [0.4, 0.5) is 0 Å². The van der Waals surface area contributed by atoms with Crippen molar-refractivity contribution in [1.29, 1.82) is 0 Å². The fourth-order valence-electron chi connectivity index (χ4n) is 1.57. The first-order valence-electron chi connectivity index (χ1n) is 4.87. The summed E-state index contributed by atoms with van der Waals surface area (Å²) in [5.41, 5.74) is 2.13. The summed E-state index contributed by atoms with van der Waals surface area (Å²) in [6.07, 6.45) is 1.33. The third-order valence-corrected chi connectivity index (χ3v) is 2.46. The number of aromatic nitrogens is 1. The number of ether oxygens (including phenoxy) is 1. The lowest BCUT2D eigenvalue weighted by Gasteiger charge is -2.04. The number of hydrogen-bond acceptors (Lipinski definition) is 4. The zero-order valence-corrected chi connectivity index (χ0v) is 9.11. The molecule has 1 amide bonds. The fraction of sp³-hybridized carbons (Fsp3) is 0.0909. The fourth-order valence-corrected chi connectivity index (χ4v) is 1.57. The minimum atomic E-state index is -0.629. The van der Waals surface area contributed by atoms with Crippen LogP contribution in [0.3, 0.4) is 0 Å². The van der Waals surface area contributed by atoms with Crippen LogP contribution in [0.25, 0.3) is 10.9 Å². The van der Waals surface area contributed by atoms with Crippen LogP contribution < -0.4 is 21.4 Å². The van der Waals surface area contributed by atoms with E-state index in [9.17, 15) is 9.59 Å². The standard InChI is InChI=1S/C11H11N3O3/c1-17-6-2-3-9-7(4-6)10(15)8(5-13-9)11(16)14-12/h2-5H,12H2,1H3,(H,13,15)(H,14,16). The van der Waals surface area contributed by atoms with Gasteiger partial charge in [-0.2, -0.15) is 0 Å². The van der Waals surface area contributed by atoms with E-state index >= 15 is 0 Å². The maximum atomic E-state index is 12.0. The van der Waals surface area contributed by atoms with Crippen molar-refractivity contribution < 1.29 is 9.53 Å². The molecule has 2 aromatic rings. The van der Waals surface area contributed by atoms with Crippen LogP contribution in [0.15, 0.2) is 29.2 Å². The van der Waals surface area contributed by atoms with Gasteiger partial charge in [0.25, 0.3) is 5.91 Å². The summed E-state index contributed by atoms with van der Waals surface area (Å²) in [6.45, 7) is 0.